The third-order valence-corrected chi connectivity index (χ3v) is 7.67. The lowest BCUT2D eigenvalue weighted by atomic mass is 9.92. The number of alkyl halides is 3. The number of rotatable bonds is 9. The minimum absolute atomic E-state index is 0.0818. The van der Waals surface area contributed by atoms with E-state index in [0.29, 0.717) is 18.8 Å². The van der Waals surface area contributed by atoms with Gasteiger partial charge in [-0.15, -0.1) is 11.6 Å². The molecule has 0 aliphatic carbocycles. The SMILES string of the molecule is CCC(Cl)CN=C(C)C(C(=O)NC1CNCCC1N1CCC(N2CC(F)(F)C2)CC1)C(N)N. The maximum absolute atomic E-state index is 13.2. The number of halogens is 3. The molecule has 0 aromatic rings. The summed E-state index contributed by atoms with van der Waals surface area (Å²) in [5.74, 6) is -3.46. The van der Waals surface area contributed by atoms with Crippen LogP contribution >= 0.6 is 11.6 Å². The van der Waals surface area contributed by atoms with E-state index in [2.05, 4.69) is 20.5 Å². The number of aliphatic imine (C=N–C) groups is 1. The van der Waals surface area contributed by atoms with Gasteiger partial charge < -0.3 is 22.1 Å². The van der Waals surface area contributed by atoms with Gasteiger partial charge in [0.25, 0.3) is 5.92 Å². The third kappa shape index (κ3) is 7.05. The molecule has 0 saturated carbocycles. The molecule has 3 rings (SSSR count). The van der Waals surface area contributed by atoms with Crippen molar-refractivity contribution in [1.29, 1.82) is 0 Å². The summed E-state index contributed by atoms with van der Waals surface area (Å²) >= 11 is 6.17. The Balaban J connectivity index is 1.57. The Bertz CT molecular complexity index is 680. The molecule has 0 aromatic heterocycles. The highest BCUT2D eigenvalue weighted by molar-refractivity contribution is 6.20. The zero-order valence-corrected chi connectivity index (χ0v) is 20.5. The smallest absolute Gasteiger partial charge is 0.272 e. The van der Waals surface area contributed by atoms with Gasteiger partial charge in [-0.3, -0.25) is 19.6 Å². The molecule has 33 heavy (non-hydrogen) atoms. The minimum Gasteiger partial charge on any atom is -0.350 e. The maximum Gasteiger partial charge on any atom is 0.272 e. The number of nitrogens with two attached hydrogens (primary N) is 2. The highest BCUT2D eigenvalue weighted by Crippen LogP contribution is 2.32. The predicted molar refractivity (Wildman–Crippen MR) is 128 cm³/mol. The van der Waals surface area contributed by atoms with Gasteiger partial charge in [-0.05, 0) is 39.2 Å². The molecular weight excluding hydrogens is 452 g/mol. The van der Waals surface area contributed by atoms with E-state index in [4.69, 9.17) is 23.1 Å². The first-order valence-electron chi connectivity index (χ1n) is 12.1. The van der Waals surface area contributed by atoms with Crippen molar-refractivity contribution in [2.24, 2.45) is 22.4 Å². The molecular formula is C22H40ClF2N7O. The number of nitrogens with zero attached hydrogens (tertiary/aromatic N) is 3. The molecule has 0 spiro atoms. The van der Waals surface area contributed by atoms with Crippen LogP contribution in [0.3, 0.4) is 0 Å². The van der Waals surface area contributed by atoms with Gasteiger partial charge in [0.15, 0.2) is 0 Å². The number of nitrogens with one attached hydrogen (secondary N) is 2. The second-order valence-corrected chi connectivity index (χ2v) is 10.4. The van der Waals surface area contributed by atoms with E-state index in [-0.39, 0.29) is 42.5 Å². The van der Waals surface area contributed by atoms with E-state index < -0.39 is 18.0 Å². The number of carbonyl (C=O) groups is 1. The Kier molecular flexibility index (Phi) is 9.45. The Labute approximate surface area is 200 Å². The third-order valence-electron chi connectivity index (χ3n) is 7.23. The molecule has 3 heterocycles. The first-order chi connectivity index (χ1) is 15.6. The normalized spacial score (nSPS) is 29.5. The van der Waals surface area contributed by atoms with E-state index in [1.807, 2.05) is 11.8 Å². The highest BCUT2D eigenvalue weighted by Gasteiger charge is 2.47. The fourth-order valence-corrected chi connectivity index (χ4v) is 5.27. The molecule has 3 aliphatic heterocycles. The highest BCUT2D eigenvalue weighted by atomic mass is 35.5. The second-order valence-electron chi connectivity index (χ2n) is 9.75. The van der Waals surface area contributed by atoms with Gasteiger partial charge in [0, 0.05) is 37.4 Å². The number of hydrogen-bond acceptors (Lipinski definition) is 7. The molecule has 4 atom stereocenters. The van der Waals surface area contributed by atoms with Gasteiger partial charge in [0.2, 0.25) is 5.91 Å². The fourth-order valence-electron chi connectivity index (χ4n) is 5.20. The molecule has 0 radical (unpaired) electrons. The molecule has 1 amide bonds. The summed E-state index contributed by atoms with van der Waals surface area (Å²) in [5, 5.41) is 6.45. The molecule has 11 heteroatoms. The number of piperidine rings is 2. The molecule has 3 aliphatic rings. The van der Waals surface area contributed by atoms with Crippen LogP contribution in [0.4, 0.5) is 8.78 Å². The lowest BCUT2D eigenvalue weighted by Crippen LogP contribution is -2.65. The van der Waals surface area contributed by atoms with Gasteiger partial charge in [-0.25, -0.2) is 8.78 Å². The predicted octanol–water partition coefficient (Wildman–Crippen LogP) is 0.586. The first kappa shape index (κ1) is 26.7. The molecule has 190 valence electrons. The van der Waals surface area contributed by atoms with Gasteiger partial charge in [0.05, 0.1) is 37.2 Å². The summed E-state index contributed by atoms with van der Waals surface area (Å²) in [5.41, 5.74) is 12.5. The monoisotopic (exact) mass is 491 g/mol. The van der Waals surface area contributed by atoms with Crippen molar-refractivity contribution in [2.45, 2.75) is 75.1 Å². The van der Waals surface area contributed by atoms with Crippen LogP contribution in [-0.2, 0) is 4.79 Å². The minimum atomic E-state index is -2.52. The molecule has 4 unspecified atom stereocenters. The first-order valence-corrected chi connectivity index (χ1v) is 12.6. The van der Waals surface area contributed by atoms with Crippen LogP contribution in [0.15, 0.2) is 4.99 Å². The van der Waals surface area contributed by atoms with Crippen LogP contribution in [-0.4, -0.2) is 103 Å². The van der Waals surface area contributed by atoms with Crippen molar-refractivity contribution in [1.82, 2.24) is 20.4 Å². The van der Waals surface area contributed by atoms with E-state index >= 15 is 0 Å². The van der Waals surface area contributed by atoms with E-state index in [0.717, 1.165) is 45.3 Å². The second kappa shape index (κ2) is 11.7. The van der Waals surface area contributed by atoms with Crippen LogP contribution in [0, 0.1) is 5.92 Å². The zero-order chi connectivity index (χ0) is 24.2. The summed E-state index contributed by atoms with van der Waals surface area (Å²) in [6.07, 6.45) is 2.59. The summed E-state index contributed by atoms with van der Waals surface area (Å²) in [6, 6.07) is 0.331. The average molecular weight is 492 g/mol. The van der Waals surface area contributed by atoms with Crippen molar-refractivity contribution >= 4 is 23.2 Å². The maximum atomic E-state index is 13.2. The Morgan fingerprint density at radius 3 is 2.48 bits per heavy atom. The topological polar surface area (TPSA) is 112 Å². The Morgan fingerprint density at radius 1 is 1.24 bits per heavy atom. The summed E-state index contributed by atoms with van der Waals surface area (Å²) in [6.45, 7) is 7.18. The van der Waals surface area contributed by atoms with Crippen molar-refractivity contribution in [2.75, 3.05) is 45.8 Å². The number of amides is 1. The van der Waals surface area contributed by atoms with Gasteiger partial charge in [-0.1, -0.05) is 6.92 Å². The van der Waals surface area contributed by atoms with Crippen LogP contribution in [0.1, 0.15) is 39.5 Å². The molecule has 0 bridgehead atoms. The standard InChI is InChI=1S/C22H40ClF2N7O/c1-3-15(23)10-29-14(2)19(20(26)27)21(33)30-17-11-28-7-4-18(17)31-8-5-16(6-9-31)32-12-22(24,25)13-32/h15-20,28H,3-13,26-27H2,1-2H3,(H,30,33). The van der Waals surface area contributed by atoms with E-state index in [9.17, 15) is 13.6 Å². The Hall–Kier alpha value is -0.910. The van der Waals surface area contributed by atoms with Crippen molar-refractivity contribution in [3.63, 3.8) is 0 Å². The van der Waals surface area contributed by atoms with Crippen molar-refractivity contribution in [3.8, 4) is 0 Å². The average Bonchev–Trinajstić information content (AvgIpc) is 2.76. The number of carbonyl (C=O) groups excluding carboxylic acids is 1. The van der Waals surface area contributed by atoms with Crippen molar-refractivity contribution in [3.05, 3.63) is 0 Å². The largest absolute Gasteiger partial charge is 0.350 e. The summed E-state index contributed by atoms with van der Waals surface area (Å²) in [7, 11) is 0. The zero-order valence-electron chi connectivity index (χ0n) is 19.8. The van der Waals surface area contributed by atoms with Crippen LogP contribution in [0.2, 0.25) is 0 Å². The quantitative estimate of drug-likeness (QED) is 0.213. The molecule has 3 fully saturated rings. The lowest BCUT2D eigenvalue weighted by Gasteiger charge is -2.49. The Morgan fingerprint density at radius 2 is 1.91 bits per heavy atom. The van der Waals surface area contributed by atoms with Gasteiger partial charge in [0.1, 0.15) is 5.92 Å². The van der Waals surface area contributed by atoms with Gasteiger partial charge >= 0.3 is 0 Å². The van der Waals surface area contributed by atoms with E-state index in [1.54, 1.807) is 6.92 Å². The fraction of sp³-hybridized carbons (Fsp3) is 0.909. The summed E-state index contributed by atoms with van der Waals surface area (Å²) in [4.78, 5) is 21.9. The molecule has 3 saturated heterocycles. The molecule has 0 aromatic carbocycles. The van der Waals surface area contributed by atoms with Crippen LogP contribution < -0.4 is 22.1 Å². The molecule has 8 nitrogen and oxygen atoms in total. The summed E-state index contributed by atoms with van der Waals surface area (Å²) < 4.78 is 26.5. The van der Waals surface area contributed by atoms with Gasteiger partial charge in [-0.2, -0.15) is 0 Å². The number of likely N-dealkylation sites (tertiary alicyclic amines) is 2. The van der Waals surface area contributed by atoms with Crippen LogP contribution in [0.25, 0.3) is 0 Å². The van der Waals surface area contributed by atoms with Crippen LogP contribution in [0.5, 0.6) is 0 Å². The number of hydrogen-bond donors (Lipinski definition) is 4. The molecule has 6 N–H and O–H groups in total. The van der Waals surface area contributed by atoms with E-state index in [1.165, 1.54) is 0 Å². The lowest BCUT2D eigenvalue weighted by molar-refractivity contribution is -0.152. The van der Waals surface area contributed by atoms with Crippen molar-refractivity contribution < 1.29 is 13.6 Å².